The molecule has 6 heteroatoms. The average Bonchev–Trinajstić information content (AvgIpc) is 2.46. The highest BCUT2D eigenvalue weighted by Gasteiger charge is 2.18. The number of amides is 1. The summed E-state index contributed by atoms with van der Waals surface area (Å²) in [6, 6.07) is 3.85. The van der Waals surface area contributed by atoms with Gasteiger partial charge in [-0.1, -0.05) is 19.3 Å². The highest BCUT2D eigenvalue weighted by Crippen LogP contribution is 2.19. The van der Waals surface area contributed by atoms with E-state index in [1.165, 1.54) is 24.6 Å². The number of hydrogen-bond acceptors (Lipinski definition) is 3. The molecule has 0 heterocycles. The zero-order valence-electron chi connectivity index (χ0n) is 11.5. The zero-order valence-corrected chi connectivity index (χ0v) is 13.1. The largest absolute Gasteiger partial charge is 0.452 e. The van der Waals surface area contributed by atoms with Crippen LogP contribution in [-0.2, 0) is 9.53 Å². The van der Waals surface area contributed by atoms with Gasteiger partial charge in [-0.2, -0.15) is 0 Å². The van der Waals surface area contributed by atoms with Gasteiger partial charge in [0.05, 0.1) is 5.56 Å². The van der Waals surface area contributed by atoms with Gasteiger partial charge in [0.25, 0.3) is 5.91 Å². The lowest BCUT2D eigenvalue weighted by molar-refractivity contribution is -0.125. The van der Waals surface area contributed by atoms with E-state index in [4.69, 9.17) is 4.74 Å². The van der Waals surface area contributed by atoms with E-state index < -0.39 is 11.8 Å². The second-order valence-corrected chi connectivity index (χ2v) is 5.96. The molecular formula is C15H17BrFNO3. The Bertz CT molecular complexity index is 530. The van der Waals surface area contributed by atoms with Crippen LogP contribution >= 0.6 is 15.9 Å². The highest BCUT2D eigenvalue weighted by molar-refractivity contribution is 9.10. The van der Waals surface area contributed by atoms with Crippen LogP contribution in [0.5, 0.6) is 0 Å². The summed E-state index contributed by atoms with van der Waals surface area (Å²) < 4.78 is 18.2. The molecule has 1 aromatic carbocycles. The molecule has 1 fully saturated rings. The van der Waals surface area contributed by atoms with Gasteiger partial charge < -0.3 is 10.1 Å². The Labute approximate surface area is 131 Å². The second kappa shape index (κ2) is 7.54. The van der Waals surface area contributed by atoms with Gasteiger partial charge in [0.2, 0.25) is 0 Å². The number of hydrogen-bond donors (Lipinski definition) is 1. The van der Waals surface area contributed by atoms with Crippen LogP contribution in [0.4, 0.5) is 4.39 Å². The predicted octanol–water partition coefficient (Wildman–Crippen LogP) is 3.19. The van der Waals surface area contributed by atoms with E-state index in [-0.39, 0.29) is 24.1 Å². The van der Waals surface area contributed by atoms with Crippen LogP contribution in [0, 0.1) is 5.82 Å². The van der Waals surface area contributed by atoms with Crippen LogP contribution in [0.15, 0.2) is 22.7 Å². The molecule has 1 amide bonds. The van der Waals surface area contributed by atoms with Crippen molar-refractivity contribution in [2.45, 2.75) is 38.1 Å². The minimum absolute atomic E-state index is 0.183. The van der Waals surface area contributed by atoms with Crippen LogP contribution in [0.1, 0.15) is 42.5 Å². The number of halogens is 2. The molecule has 1 saturated carbocycles. The van der Waals surface area contributed by atoms with E-state index in [1.807, 2.05) is 0 Å². The molecule has 0 aromatic heterocycles. The first kappa shape index (κ1) is 15.9. The number of esters is 1. The van der Waals surface area contributed by atoms with Crippen molar-refractivity contribution in [3.8, 4) is 0 Å². The van der Waals surface area contributed by atoms with Gasteiger partial charge >= 0.3 is 5.97 Å². The molecule has 1 aromatic rings. The highest BCUT2D eigenvalue weighted by atomic mass is 79.9. The smallest absolute Gasteiger partial charge is 0.339 e. The quantitative estimate of drug-likeness (QED) is 0.841. The monoisotopic (exact) mass is 357 g/mol. The molecule has 0 radical (unpaired) electrons. The van der Waals surface area contributed by atoms with Crippen LogP contribution in [-0.4, -0.2) is 24.5 Å². The lowest BCUT2D eigenvalue weighted by Gasteiger charge is -2.22. The van der Waals surface area contributed by atoms with E-state index in [0.717, 1.165) is 25.7 Å². The van der Waals surface area contributed by atoms with Crippen LogP contribution < -0.4 is 5.32 Å². The third-order valence-electron chi connectivity index (χ3n) is 3.46. The molecule has 1 aliphatic carbocycles. The first-order valence-electron chi connectivity index (χ1n) is 6.98. The van der Waals surface area contributed by atoms with Crippen molar-refractivity contribution >= 4 is 27.8 Å². The summed E-state index contributed by atoms with van der Waals surface area (Å²) in [5, 5.41) is 2.86. The minimum Gasteiger partial charge on any atom is -0.452 e. The maximum Gasteiger partial charge on any atom is 0.339 e. The second-order valence-electron chi connectivity index (χ2n) is 5.10. The van der Waals surface area contributed by atoms with Crippen molar-refractivity contribution in [2.75, 3.05) is 6.61 Å². The normalized spacial score (nSPS) is 15.5. The van der Waals surface area contributed by atoms with Crippen molar-refractivity contribution in [2.24, 2.45) is 0 Å². The fourth-order valence-corrected chi connectivity index (χ4v) is 2.89. The van der Waals surface area contributed by atoms with Crippen molar-refractivity contribution in [3.05, 3.63) is 34.1 Å². The van der Waals surface area contributed by atoms with Gasteiger partial charge in [-0.3, -0.25) is 4.79 Å². The number of carbonyl (C=O) groups is 2. The Morgan fingerprint density at radius 3 is 2.67 bits per heavy atom. The molecule has 21 heavy (non-hydrogen) atoms. The molecule has 2 rings (SSSR count). The standard InChI is InChI=1S/C15H17BrFNO3/c16-13-8-10(17)6-7-12(13)15(20)21-9-14(19)18-11-4-2-1-3-5-11/h6-8,11H,1-5,9H2,(H,18,19). The van der Waals surface area contributed by atoms with Crippen LogP contribution in [0.3, 0.4) is 0 Å². The molecule has 114 valence electrons. The summed E-state index contributed by atoms with van der Waals surface area (Å²) in [6.07, 6.45) is 5.40. The number of rotatable bonds is 4. The Hall–Kier alpha value is -1.43. The molecule has 1 N–H and O–H groups in total. The van der Waals surface area contributed by atoms with E-state index in [1.54, 1.807) is 0 Å². The Kier molecular flexibility index (Phi) is 5.73. The average molecular weight is 358 g/mol. The molecular weight excluding hydrogens is 341 g/mol. The van der Waals surface area contributed by atoms with Gasteiger partial charge in [0.15, 0.2) is 6.61 Å². The van der Waals surface area contributed by atoms with Crippen LogP contribution in [0.2, 0.25) is 0 Å². The molecule has 4 nitrogen and oxygen atoms in total. The minimum atomic E-state index is -0.652. The summed E-state index contributed by atoms with van der Waals surface area (Å²) in [7, 11) is 0. The van der Waals surface area contributed by atoms with Gasteiger partial charge in [0.1, 0.15) is 5.82 Å². The summed E-state index contributed by atoms with van der Waals surface area (Å²) >= 11 is 3.09. The SMILES string of the molecule is O=C(COC(=O)c1ccc(F)cc1Br)NC1CCCCC1. The van der Waals surface area contributed by atoms with E-state index in [0.29, 0.717) is 4.47 Å². The van der Waals surface area contributed by atoms with E-state index in [2.05, 4.69) is 21.2 Å². The number of benzene rings is 1. The Morgan fingerprint density at radius 2 is 2.00 bits per heavy atom. The maximum atomic E-state index is 12.9. The molecule has 0 spiro atoms. The number of nitrogens with one attached hydrogen (secondary N) is 1. The number of ether oxygens (including phenoxy) is 1. The van der Waals surface area contributed by atoms with Gasteiger partial charge in [-0.15, -0.1) is 0 Å². The Morgan fingerprint density at radius 1 is 1.29 bits per heavy atom. The van der Waals surface area contributed by atoms with Crippen molar-refractivity contribution in [1.82, 2.24) is 5.32 Å². The first-order valence-corrected chi connectivity index (χ1v) is 7.77. The van der Waals surface area contributed by atoms with E-state index in [9.17, 15) is 14.0 Å². The fraction of sp³-hybridized carbons (Fsp3) is 0.467. The third kappa shape index (κ3) is 4.81. The van der Waals surface area contributed by atoms with Crippen LogP contribution in [0.25, 0.3) is 0 Å². The Balaban J connectivity index is 1.81. The van der Waals surface area contributed by atoms with Gasteiger partial charge in [-0.05, 0) is 47.0 Å². The molecule has 0 unspecified atom stereocenters. The van der Waals surface area contributed by atoms with Gasteiger partial charge in [0, 0.05) is 10.5 Å². The fourth-order valence-electron chi connectivity index (χ4n) is 2.38. The molecule has 0 atom stereocenters. The van der Waals surface area contributed by atoms with Crippen molar-refractivity contribution in [3.63, 3.8) is 0 Å². The van der Waals surface area contributed by atoms with Crippen molar-refractivity contribution in [1.29, 1.82) is 0 Å². The summed E-state index contributed by atoms with van der Waals surface area (Å²) in [4.78, 5) is 23.5. The maximum absolute atomic E-state index is 12.9. The zero-order chi connectivity index (χ0) is 15.2. The third-order valence-corrected chi connectivity index (χ3v) is 4.11. The van der Waals surface area contributed by atoms with Gasteiger partial charge in [-0.25, -0.2) is 9.18 Å². The first-order chi connectivity index (χ1) is 10.1. The topological polar surface area (TPSA) is 55.4 Å². The molecule has 1 aliphatic rings. The predicted molar refractivity (Wildman–Crippen MR) is 79.4 cm³/mol. The molecule has 0 aliphatic heterocycles. The molecule has 0 saturated heterocycles. The number of carbonyl (C=O) groups excluding carboxylic acids is 2. The summed E-state index contributed by atoms with van der Waals surface area (Å²) in [6.45, 7) is -0.320. The molecule has 0 bridgehead atoms. The summed E-state index contributed by atoms with van der Waals surface area (Å²) in [5.41, 5.74) is 0.196. The van der Waals surface area contributed by atoms with E-state index >= 15 is 0 Å². The lowest BCUT2D eigenvalue weighted by Crippen LogP contribution is -2.38. The lowest BCUT2D eigenvalue weighted by atomic mass is 9.95. The van der Waals surface area contributed by atoms with Crippen molar-refractivity contribution < 1.29 is 18.7 Å². The summed E-state index contributed by atoms with van der Waals surface area (Å²) in [5.74, 6) is -1.40.